The van der Waals surface area contributed by atoms with E-state index >= 15 is 0 Å². The van der Waals surface area contributed by atoms with Crippen LogP contribution in [0.4, 0.5) is 0 Å². The van der Waals surface area contributed by atoms with Crippen molar-refractivity contribution in [3.05, 3.63) is 95.6 Å². The Hall–Kier alpha value is -3.45. The Morgan fingerprint density at radius 3 is 2.41 bits per heavy atom. The fourth-order valence-electron chi connectivity index (χ4n) is 2.92. The van der Waals surface area contributed by atoms with Crippen molar-refractivity contribution in [3.63, 3.8) is 0 Å². The molecule has 7 heteroatoms. The van der Waals surface area contributed by atoms with Gasteiger partial charge in [-0.05, 0) is 47.5 Å². The lowest BCUT2D eigenvalue weighted by Crippen LogP contribution is -2.21. The van der Waals surface area contributed by atoms with Crippen molar-refractivity contribution in [1.29, 1.82) is 0 Å². The largest absolute Gasteiger partial charge is 0.489 e. The Morgan fingerprint density at radius 2 is 1.66 bits per heavy atom. The van der Waals surface area contributed by atoms with Crippen molar-refractivity contribution in [2.24, 2.45) is 9.50 Å². The van der Waals surface area contributed by atoms with Crippen molar-refractivity contribution < 1.29 is 13.2 Å². The molecule has 0 aromatic heterocycles. The van der Waals surface area contributed by atoms with E-state index in [0.717, 1.165) is 16.9 Å². The molecule has 3 aromatic rings. The monoisotopic (exact) mass is 405 g/mol. The van der Waals surface area contributed by atoms with Gasteiger partial charge in [0.25, 0.3) is 10.0 Å². The molecule has 146 valence electrons. The Kier molecular flexibility index (Phi) is 5.14. The average Bonchev–Trinajstić information content (AvgIpc) is 3.03. The maximum atomic E-state index is 12.2. The molecule has 0 atom stereocenters. The van der Waals surface area contributed by atoms with Crippen LogP contribution >= 0.6 is 0 Å². The number of rotatable bonds is 5. The van der Waals surface area contributed by atoms with Gasteiger partial charge in [-0.15, -0.1) is 4.40 Å². The van der Waals surface area contributed by atoms with Crippen LogP contribution in [0.2, 0.25) is 0 Å². The summed E-state index contributed by atoms with van der Waals surface area (Å²) in [6.45, 7) is 0.505. The topological polar surface area (TPSA) is 71.3 Å². The quantitative estimate of drug-likeness (QED) is 0.480. The number of fused-ring (bicyclic) bond motifs is 1. The molecular formula is C22H19N3O3S. The van der Waals surface area contributed by atoms with E-state index in [0.29, 0.717) is 18.0 Å². The van der Waals surface area contributed by atoms with Gasteiger partial charge in [-0.25, -0.2) is 5.01 Å². The van der Waals surface area contributed by atoms with E-state index < -0.39 is 10.0 Å². The molecule has 0 fully saturated rings. The molecule has 1 aliphatic heterocycles. The van der Waals surface area contributed by atoms with E-state index in [1.165, 1.54) is 5.01 Å². The molecule has 1 aliphatic rings. The Morgan fingerprint density at radius 1 is 0.966 bits per heavy atom. The molecule has 3 aromatic carbocycles. The normalized spacial score (nSPS) is 14.4. The van der Waals surface area contributed by atoms with E-state index in [1.807, 2.05) is 54.6 Å². The third kappa shape index (κ3) is 4.20. The maximum absolute atomic E-state index is 12.2. The van der Waals surface area contributed by atoms with Crippen LogP contribution in [0.3, 0.4) is 0 Å². The second-order valence-electron chi connectivity index (χ2n) is 6.50. The van der Waals surface area contributed by atoms with Crippen LogP contribution in [0.5, 0.6) is 5.75 Å². The molecular weight excluding hydrogens is 386 g/mol. The molecule has 0 amide bonds. The van der Waals surface area contributed by atoms with Gasteiger partial charge < -0.3 is 4.74 Å². The minimum atomic E-state index is -3.66. The van der Waals surface area contributed by atoms with Gasteiger partial charge in [-0.3, -0.25) is 0 Å². The Bertz CT molecular complexity index is 1170. The summed E-state index contributed by atoms with van der Waals surface area (Å²) in [5.41, 5.74) is 2.52. The second kappa shape index (κ2) is 7.89. The first-order valence-corrected chi connectivity index (χ1v) is 10.5. The lowest BCUT2D eigenvalue weighted by atomic mass is 10.2. The Balaban J connectivity index is 1.43. The zero-order valence-corrected chi connectivity index (χ0v) is 16.6. The van der Waals surface area contributed by atoms with Crippen molar-refractivity contribution in [2.45, 2.75) is 11.5 Å². The summed E-state index contributed by atoms with van der Waals surface area (Å²) in [4.78, 5) is 0.206. The molecule has 0 spiro atoms. The SMILES string of the molecule is CN(/N=C\c1ccc(OCc2ccccc2)cc1)C1=NS(=O)(=O)c2ccccc21. The predicted octanol–water partition coefficient (Wildman–Crippen LogP) is 3.68. The highest BCUT2D eigenvalue weighted by atomic mass is 32.2. The van der Waals surface area contributed by atoms with E-state index in [1.54, 1.807) is 37.5 Å². The molecule has 0 aliphatic carbocycles. The number of benzene rings is 3. The maximum Gasteiger partial charge on any atom is 0.285 e. The number of ether oxygens (including phenoxy) is 1. The molecule has 4 rings (SSSR count). The predicted molar refractivity (Wildman–Crippen MR) is 113 cm³/mol. The molecule has 0 bridgehead atoms. The second-order valence-corrected chi connectivity index (χ2v) is 8.07. The molecule has 0 saturated heterocycles. The van der Waals surface area contributed by atoms with Crippen molar-refractivity contribution in [2.75, 3.05) is 7.05 Å². The number of hydrogen-bond donors (Lipinski definition) is 0. The number of amidine groups is 1. The zero-order valence-electron chi connectivity index (χ0n) is 15.8. The highest BCUT2D eigenvalue weighted by molar-refractivity contribution is 7.90. The van der Waals surface area contributed by atoms with Crippen molar-refractivity contribution in [3.8, 4) is 5.75 Å². The zero-order chi connectivity index (χ0) is 20.3. The molecule has 1 heterocycles. The molecule has 29 heavy (non-hydrogen) atoms. The van der Waals surface area contributed by atoms with Gasteiger partial charge in [-0.1, -0.05) is 42.5 Å². The highest BCUT2D eigenvalue weighted by Crippen LogP contribution is 2.27. The minimum absolute atomic E-state index is 0.206. The summed E-state index contributed by atoms with van der Waals surface area (Å²) in [7, 11) is -1.99. The highest BCUT2D eigenvalue weighted by Gasteiger charge is 2.30. The van der Waals surface area contributed by atoms with Crippen LogP contribution in [0.25, 0.3) is 0 Å². The van der Waals surface area contributed by atoms with E-state index in [9.17, 15) is 8.42 Å². The summed E-state index contributed by atoms with van der Waals surface area (Å²) >= 11 is 0. The van der Waals surface area contributed by atoms with E-state index in [2.05, 4.69) is 9.50 Å². The van der Waals surface area contributed by atoms with Crippen molar-refractivity contribution >= 4 is 22.1 Å². The summed E-state index contributed by atoms with van der Waals surface area (Å²) in [5.74, 6) is 1.07. The molecule has 0 N–H and O–H groups in total. The summed E-state index contributed by atoms with van der Waals surface area (Å²) < 4.78 is 34.0. The van der Waals surface area contributed by atoms with Crippen LogP contribution in [0.1, 0.15) is 16.7 Å². The summed E-state index contributed by atoms with van der Waals surface area (Å²) in [6.07, 6.45) is 1.65. The third-order valence-corrected chi connectivity index (χ3v) is 5.75. The van der Waals surface area contributed by atoms with Crippen LogP contribution in [-0.4, -0.2) is 32.5 Å². The smallest absolute Gasteiger partial charge is 0.285 e. The summed E-state index contributed by atoms with van der Waals surface area (Å²) in [5, 5.41) is 5.80. The first-order valence-electron chi connectivity index (χ1n) is 9.02. The fourth-order valence-corrected chi connectivity index (χ4v) is 4.15. The third-order valence-electron chi connectivity index (χ3n) is 4.43. The van der Waals surface area contributed by atoms with Gasteiger partial charge >= 0.3 is 0 Å². The molecule has 6 nitrogen and oxygen atoms in total. The van der Waals surface area contributed by atoms with Crippen molar-refractivity contribution in [1.82, 2.24) is 5.01 Å². The van der Waals surface area contributed by atoms with E-state index in [4.69, 9.17) is 4.74 Å². The lowest BCUT2D eigenvalue weighted by Gasteiger charge is -2.12. The van der Waals surface area contributed by atoms with Crippen LogP contribution in [-0.2, 0) is 16.6 Å². The van der Waals surface area contributed by atoms with Gasteiger partial charge in [0, 0.05) is 12.6 Å². The number of sulfonamides is 1. The van der Waals surface area contributed by atoms with Crippen LogP contribution in [0, 0.1) is 0 Å². The molecule has 0 unspecified atom stereocenters. The van der Waals surface area contributed by atoms with Gasteiger partial charge in [0.05, 0.1) is 6.21 Å². The molecule has 0 radical (unpaired) electrons. The van der Waals surface area contributed by atoms with Gasteiger partial charge in [0.15, 0.2) is 5.84 Å². The first kappa shape index (κ1) is 18.9. The van der Waals surface area contributed by atoms with E-state index in [-0.39, 0.29) is 4.90 Å². The minimum Gasteiger partial charge on any atom is -0.489 e. The van der Waals surface area contributed by atoms with Crippen LogP contribution in [0.15, 0.2) is 93.3 Å². The first-order chi connectivity index (χ1) is 14.0. The average molecular weight is 405 g/mol. The summed E-state index contributed by atoms with van der Waals surface area (Å²) in [6, 6.07) is 24.2. The number of hydrogen-bond acceptors (Lipinski definition) is 5. The Labute approximate surface area is 169 Å². The number of hydrazone groups is 1. The lowest BCUT2D eigenvalue weighted by molar-refractivity contribution is 0.306. The van der Waals surface area contributed by atoms with Gasteiger partial charge in [-0.2, -0.15) is 13.5 Å². The fraction of sp³-hybridized carbons (Fsp3) is 0.0909. The van der Waals surface area contributed by atoms with Gasteiger partial charge in [0.1, 0.15) is 17.3 Å². The van der Waals surface area contributed by atoms with Crippen LogP contribution < -0.4 is 4.74 Å². The standard InChI is InChI=1S/C22H19N3O3S/c1-25(22-20-9-5-6-10-21(20)29(26,27)24-22)23-15-17-11-13-19(14-12-17)28-16-18-7-3-2-4-8-18/h2-15H,16H2,1H3/b23-15-. The van der Waals surface area contributed by atoms with Gasteiger partial charge in [0.2, 0.25) is 0 Å². The molecule has 0 saturated carbocycles. The number of nitrogens with zero attached hydrogens (tertiary/aromatic N) is 3.